The molecule has 1 saturated carbocycles. The molecule has 4 heteroatoms. The van der Waals surface area contributed by atoms with Gasteiger partial charge in [-0.3, -0.25) is 4.98 Å². The standard InChI is InChI=1S/C17H19N3O/c1-10-4-5-13-12(6-10)16(11(8-18)9-19-13)20-14-7-15(21)17(14,2)3/h4-6,9,14-15,21H,7H2,1-3H3,(H,19,20). The van der Waals surface area contributed by atoms with E-state index in [2.05, 4.69) is 16.4 Å². The number of rotatable bonds is 2. The number of nitrogens with zero attached hydrogens (tertiary/aromatic N) is 2. The molecule has 108 valence electrons. The van der Waals surface area contributed by atoms with E-state index >= 15 is 0 Å². The first-order valence-corrected chi connectivity index (χ1v) is 7.17. The van der Waals surface area contributed by atoms with Crippen LogP contribution in [0, 0.1) is 23.7 Å². The minimum Gasteiger partial charge on any atom is -0.392 e. The van der Waals surface area contributed by atoms with Gasteiger partial charge in [-0.25, -0.2) is 0 Å². The molecule has 0 aliphatic heterocycles. The van der Waals surface area contributed by atoms with E-state index in [9.17, 15) is 10.4 Å². The van der Waals surface area contributed by atoms with Gasteiger partial charge >= 0.3 is 0 Å². The zero-order valence-electron chi connectivity index (χ0n) is 12.5. The number of hydrogen-bond donors (Lipinski definition) is 2. The van der Waals surface area contributed by atoms with E-state index in [-0.39, 0.29) is 17.6 Å². The fourth-order valence-corrected chi connectivity index (χ4v) is 2.87. The Kier molecular flexibility index (Phi) is 3.11. The molecule has 1 aliphatic rings. The van der Waals surface area contributed by atoms with Crippen molar-refractivity contribution in [3.05, 3.63) is 35.5 Å². The maximum absolute atomic E-state index is 9.89. The predicted octanol–water partition coefficient (Wildman–Crippen LogP) is 2.99. The topological polar surface area (TPSA) is 68.9 Å². The lowest BCUT2D eigenvalue weighted by atomic mass is 9.64. The highest BCUT2D eigenvalue weighted by Crippen LogP contribution is 2.43. The van der Waals surface area contributed by atoms with Gasteiger partial charge in [0.2, 0.25) is 0 Å². The van der Waals surface area contributed by atoms with Crippen molar-refractivity contribution in [2.45, 2.75) is 39.3 Å². The Balaban J connectivity index is 2.08. The average molecular weight is 281 g/mol. The van der Waals surface area contributed by atoms with Gasteiger partial charge in [-0.05, 0) is 25.5 Å². The van der Waals surface area contributed by atoms with Crippen molar-refractivity contribution >= 4 is 16.6 Å². The van der Waals surface area contributed by atoms with E-state index < -0.39 is 0 Å². The molecule has 1 aromatic heterocycles. The molecule has 1 heterocycles. The number of aromatic nitrogens is 1. The minimum atomic E-state index is -0.296. The van der Waals surface area contributed by atoms with Gasteiger partial charge in [0.1, 0.15) is 6.07 Å². The largest absolute Gasteiger partial charge is 0.392 e. The van der Waals surface area contributed by atoms with Crippen molar-refractivity contribution in [3.8, 4) is 6.07 Å². The first kappa shape index (κ1) is 13.8. The zero-order valence-corrected chi connectivity index (χ0v) is 12.5. The quantitative estimate of drug-likeness (QED) is 0.888. The molecule has 2 unspecified atom stereocenters. The summed E-state index contributed by atoms with van der Waals surface area (Å²) in [5.41, 5.74) is 3.20. The van der Waals surface area contributed by atoms with E-state index in [1.165, 1.54) is 0 Å². The Bertz CT molecular complexity index is 746. The first-order valence-electron chi connectivity index (χ1n) is 7.17. The van der Waals surface area contributed by atoms with E-state index in [0.717, 1.165) is 22.2 Å². The number of benzene rings is 1. The van der Waals surface area contributed by atoms with Crippen LogP contribution in [0.25, 0.3) is 10.9 Å². The van der Waals surface area contributed by atoms with Crippen molar-refractivity contribution in [3.63, 3.8) is 0 Å². The number of pyridine rings is 1. The van der Waals surface area contributed by atoms with E-state index in [4.69, 9.17) is 0 Å². The van der Waals surface area contributed by atoms with Crippen molar-refractivity contribution in [1.29, 1.82) is 5.26 Å². The Labute approximate surface area is 124 Å². The Morgan fingerprint density at radius 3 is 2.81 bits per heavy atom. The molecule has 2 atom stereocenters. The van der Waals surface area contributed by atoms with Crippen LogP contribution in [0.5, 0.6) is 0 Å². The smallest absolute Gasteiger partial charge is 0.103 e. The summed E-state index contributed by atoms with van der Waals surface area (Å²) in [4.78, 5) is 4.34. The van der Waals surface area contributed by atoms with Crippen LogP contribution in [0.2, 0.25) is 0 Å². The molecule has 21 heavy (non-hydrogen) atoms. The van der Waals surface area contributed by atoms with Crippen LogP contribution in [-0.4, -0.2) is 22.2 Å². The molecule has 3 rings (SSSR count). The summed E-state index contributed by atoms with van der Waals surface area (Å²) in [5.74, 6) is 0. The normalized spacial score (nSPS) is 23.4. The molecule has 2 aromatic rings. The number of aryl methyl sites for hydroxylation is 1. The van der Waals surface area contributed by atoms with Crippen LogP contribution in [0.4, 0.5) is 5.69 Å². The molecule has 0 spiro atoms. The summed E-state index contributed by atoms with van der Waals surface area (Å²) < 4.78 is 0. The van der Waals surface area contributed by atoms with Gasteiger partial charge in [-0.15, -0.1) is 0 Å². The highest BCUT2D eigenvalue weighted by Gasteiger charge is 2.47. The minimum absolute atomic E-state index is 0.158. The predicted molar refractivity (Wildman–Crippen MR) is 83.0 cm³/mol. The van der Waals surface area contributed by atoms with Crippen LogP contribution >= 0.6 is 0 Å². The summed E-state index contributed by atoms with van der Waals surface area (Å²) in [5, 5.41) is 23.7. The summed E-state index contributed by atoms with van der Waals surface area (Å²) in [6, 6.07) is 8.41. The van der Waals surface area contributed by atoms with Gasteiger partial charge in [0.25, 0.3) is 0 Å². The Morgan fingerprint density at radius 2 is 2.19 bits per heavy atom. The van der Waals surface area contributed by atoms with E-state index in [0.29, 0.717) is 12.0 Å². The van der Waals surface area contributed by atoms with Crippen molar-refractivity contribution in [1.82, 2.24) is 4.98 Å². The highest BCUT2D eigenvalue weighted by molar-refractivity contribution is 5.94. The highest BCUT2D eigenvalue weighted by atomic mass is 16.3. The van der Waals surface area contributed by atoms with Crippen molar-refractivity contribution in [2.24, 2.45) is 5.41 Å². The van der Waals surface area contributed by atoms with Gasteiger partial charge in [0.15, 0.2) is 0 Å². The summed E-state index contributed by atoms with van der Waals surface area (Å²) in [6.45, 7) is 6.11. The molecule has 1 aliphatic carbocycles. The number of aliphatic hydroxyl groups is 1. The fraction of sp³-hybridized carbons (Fsp3) is 0.412. The van der Waals surface area contributed by atoms with E-state index in [1.807, 2.05) is 39.0 Å². The zero-order chi connectivity index (χ0) is 15.2. The summed E-state index contributed by atoms with van der Waals surface area (Å²) in [6.07, 6.45) is 2.02. The lowest BCUT2D eigenvalue weighted by Gasteiger charge is -2.50. The molecule has 0 saturated heterocycles. The molecule has 0 bridgehead atoms. The van der Waals surface area contributed by atoms with Crippen LogP contribution in [0.3, 0.4) is 0 Å². The second kappa shape index (κ2) is 4.71. The first-order chi connectivity index (χ1) is 9.93. The monoisotopic (exact) mass is 281 g/mol. The van der Waals surface area contributed by atoms with Crippen LogP contribution in [0.1, 0.15) is 31.4 Å². The second-order valence-electron chi connectivity index (χ2n) is 6.45. The Morgan fingerprint density at radius 1 is 1.43 bits per heavy atom. The Hall–Kier alpha value is -2.12. The van der Waals surface area contributed by atoms with Gasteiger partial charge < -0.3 is 10.4 Å². The molecule has 4 nitrogen and oxygen atoms in total. The van der Waals surface area contributed by atoms with Gasteiger partial charge in [0.05, 0.1) is 22.9 Å². The SMILES string of the molecule is Cc1ccc2ncc(C#N)c(NC3CC(O)C3(C)C)c2c1. The average Bonchev–Trinajstić information content (AvgIpc) is 2.47. The number of anilines is 1. The van der Waals surface area contributed by atoms with Crippen molar-refractivity contribution < 1.29 is 5.11 Å². The third kappa shape index (κ3) is 2.14. The maximum Gasteiger partial charge on any atom is 0.103 e. The van der Waals surface area contributed by atoms with Gasteiger partial charge in [-0.1, -0.05) is 25.5 Å². The molecule has 1 aromatic carbocycles. The second-order valence-corrected chi connectivity index (χ2v) is 6.45. The molecule has 0 radical (unpaired) electrons. The number of nitrogens with one attached hydrogen (secondary N) is 1. The number of nitriles is 1. The molecule has 1 fully saturated rings. The lowest BCUT2D eigenvalue weighted by Crippen LogP contribution is -2.57. The van der Waals surface area contributed by atoms with E-state index in [1.54, 1.807) is 6.20 Å². The number of hydrogen-bond acceptors (Lipinski definition) is 4. The van der Waals surface area contributed by atoms with Crippen molar-refractivity contribution in [2.75, 3.05) is 5.32 Å². The summed E-state index contributed by atoms with van der Waals surface area (Å²) in [7, 11) is 0. The molecule has 2 N–H and O–H groups in total. The number of aliphatic hydroxyl groups excluding tert-OH is 1. The summed E-state index contributed by atoms with van der Waals surface area (Å²) >= 11 is 0. The number of fused-ring (bicyclic) bond motifs is 1. The molecular formula is C17H19N3O. The third-order valence-corrected chi connectivity index (χ3v) is 4.68. The van der Waals surface area contributed by atoms with Gasteiger partial charge in [-0.2, -0.15) is 5.26 Å². The fourth-order valence-electron chi connectivity index (χ4n) is 2.87. The van der Waals surface area contributed by atoms with Crippen LogP contribution in [0.15, 0.2) is 24.4 Å². The lowest BCUT2D eigenvalue weighted by molar-refractivity contribution is -0.0510. The van der Waals surface area contributed by atoms with Crippen LogP contribution < -0.4 is 5.32 Å². The third-order valence-electron chi connectivity index (χ3n) is 4.68. The molecular weight excluding hydrogens is 262 g/mol. The molecule has 0 amide bonds. The van der Waals surface area contributed by atoms with Crippen LogP contribution in [-0.2, 0) is 0 Å². The van der Waals surface area contributed by atoms with Gasteiger partial charge in [0, 0.05) is 23.0 Å². The maximum atomic E-state index is 9.89.